The zero-order chi connectivity index (χ0) is 11.1. The largest absolute Gasteiger partial charge is 0.489 e. The Morgan fingerprint density at radius 3 is 2.67 bits per heavy atom. The summed E-state index contributed by atoms with van der Waals surface area (Å²) in [4.78, 5) is 0. The summed E-state index contributed by atoms with van der Waals surface area (Å²) in [6.07, 6.45) is 0. The summed E-state index contributed by atoms with van der Waals surface area (Å²) in [5.74, 6) is 1.04. The van der Waals surface area contributed by atoms with Crippen LogP contribution in [0.1, 0.15) is 31.9 Å². The molecular formula is C13H19NO. The van der Waals surface area contributed by atoms with Crippen LogP contribution in [0.25, 0.3) is 0 Å². The van der Waals surface area contributed by atoms with Crippen LogP contribution in [0, 0.1) is 6.92 Å². The van der Waals surface area contributed by atoms with Gasteiger partial charge < -0.3 is 10.1 Å². The van der Waals surface area contributed by atoms with Crippen LogP contribution in [0.2, 0.25) is 0 Å². The Morgan fingerprint density at radius 2 is 2.00 bits per heavy atom. The fraction of sp³-hybridized carbons (Fsp3) is 0.538. The molecule has 0 bridgehead atoms. The Balaban J connectivity index is 2.58. The van der Waals surface area contributed by atoms with Gasteiger partial charge in [0, 0.05) is 12.1 Å². The van der Waals surface area contributed by atoms with Crippen molar-refractivity contribution in [2.75, 3.05) is 18.5 Å². The lowest BCUT2D eigenvalue weighted by atomic mass is 9.85. The third-order valence-corrected chi connectivity index (χ3v) is 2.71. The van der Waals surface area contributed by atoms with Crippen molar-refractivity contribution in [2.45, 2.75) is 33.1 Å². The maximum atomic E-state index is 5.77. The summed E-state index contributed by atoms with van der Waals surface area (Å²) in [5.41, 5.74) is 3.86. The van der Waals surface area contributed by atoms with Gasteiger partial charge in [-0.05, 0) is 24.0 Å². The molecule has 0 aromatic heterocycles. The molecule has 2 nitrogen and oxygen atoms in total. The Kier molecular flexibility index (Phi) is 2.37. The molecule has 1 N–H and O–H groups in total. The highest BCUT2D eigenvalue weighted by atomic mass is 16.5. The lowest BCUT2D eigenvalue weighted by Crippen LogP contribution is -2.22. The normalized spacial score (nSPS) is 15.2. The highest BCUT2D eigenvalue weighted by Crippen LogP contribution is 2.39. The molecule has 0 saturated carbocycles. The van der Waals surface area contributed by atoms with E-state index in [1.807, 2.05) is 0 Å². The second-order valence-electron chi connectivity index (χ2n) is 5.21. The summed E-state index contributed by atoms with van der Waals surface area (Å²) in [7, 11) is 0. The molecule has 1 heterocycles. The molecule has 0 atom stereocenters. The third-order valence-electron chi connectivity index (χ3n) is 2.71. The van der Waals surface area contributed by atoms with Gasteiger partial charge >= 0.3 is 0 Å². The van der Waals surface area contributed by atoms with E-state index in [0.29, 0.717) is 0 Å². The highest BCUT2D eigenvalue weighted by Gasteiger charge is 2.23. The number of anilines is 1. The zero-order valence-electron chi connectivity index (χ0n) is 9.98. The second kappa shape index (κ2) is 3.44. The van der Waals surface area contributed by atoms with E-state index in [1.165, 1.54) is 11.1 Å². The van der Waals surface area contributed by atoms with Crippen molar-refractivity contribution in [3.8, 4) is 5.75 Å². The first-order chi connectivity index (χ1) is 6.98. The molecule has 0 unspecified atom stereocenters. The molecule has 1 aromatic carbocycles. The fourth-order valence-corrected chi connectivity index (χ4v) is 1.96. The molecule has 2 heteroatoms. The number of ether oxygens (including phenoxy) is 1. The maximum absolute atomic E-state index is 5.77. The van der Waals surface area contributed by atoms with Crippen LogP contribution in [0.4, 0.5) is 5.69 Å². The Morgan fingerprint density at radius 1 is 1.27 bits per heavy atom. The van der Waals surface area contributed by atoms with Crippen LogP contribution in [0.3, 0.4) is 0 Å². The first-order valence-corrected chi connectivity index (χ1v) is 5.50. The number of hydrogen-bond donors (Lipinski definition) is 1. The van der Waals surface area contributed by atoms with Crippen molar-refractivity contribution in [1.82, 2.24) is 0 Å². The number of fused-ring (bicyclic) bond motifs is 1. The summed E-state index contributed by atoms with van der Waals surface area (Å²) in [6, 6.07) is 4.38. The van der Waals surface area contributed by atoms with Gasteiger partial charge in [0.15, 0.2) is 0 Å². The Labute approximate surface area is 91.6 Å². The quantitative estimate of drug-likeness (QED) is 0.702. The van der Waals surface area contributed by atoms with Crippen molar-refractivity contribution >= 4 is 5.69 Å². The van der Waals surface area contributed by atoms with E-state index < -0.39 is 0 Å². The standard InChI is InChI=1S/C13H19NO/c1-9-7-10(13(2,3)4)12-11(8-9)14-5-6-15-12/h7-8,14H,5-6H2,1-4H3. The van der Waals surface area contributed by atoms with E-state index in [-0.39, 0.29) is 5.41 Å². The van der Waals surface area contributed by atoms with Gasteiger partial charge in [0.2, 0.25) is 0 Å². The minimum Gasteiger partial charge on any atom is -0.489 e. The number of aryl methyl sites for hydroxylation is 1. The number of benzene rings is 1. The molecule has 82 valence electrons. The molecule has 2 rings (SSSR count). The van der Waals surface area contributed by atoms with Crippen LogP contribution in [0.5, 0.6) is 5.75 Å². The van der Waals surface area contributed by atoms with Crippen LogP contribution < -0.4 is 10.1 Å². The van der Waals surface area contributed by atoms with Gasteiger partial charge in [-0.2, -0.15) is 0 Å². The van der Waals surface area contributed by atoms with E-state index in [1.54, 1.807) is 0 Å². The summed E-state index contributed by atoms with van der Waals surface area (Å²) >= 11 is 0. The molecule has 0 fully saturated rings. The van der Waals surface area contributed by atoms with Gasteiger partial charge in [0.05, 0.1) is 5.69 Å². The van der Waals surface area contributed by atoms with E-state index in [2.05, 4.69) is 45.1 Å². The Bertz CT molecular complexity index is 377. The molecule has 1 aromatic rings. The molecule has 0 spiro atoms. The number of hydrogen-bond acceptors (Lipinski definition) is 2. The summed E-state index contributed by atoms with van der Waals surface area (Å²) in [5, 5.41) is 3.39. The topological polar surface area (TPSA) is 21.3 Å². The monoisotopic (exact) mass is 205 g/mol. The predicted octanol–water partition coefficient (Wildman–Crippen LogP) is 3.10. The van der Waals surface area contributed by atoms with E-state index in [9.17, 15) is 0 Å². The second-order valence-corrected chi connectivity index (χ2v) is 5.21. The van der Waals surface area contributed by atoms with Gasteiger partial charge in [-0.15, -0.1) is 0 Å². The number of rotatable bonds is 0. The van der Waals surface area contributed by atoms with Gasteiger partial charge in [-0.25, -0.2) is 0 Å². The van der Waals surface area contributed by atoms with Crippen molar-refractivity contribution in [3.05, 3.63) is 23.3 Å². The summed E-state index contributed by atoms with van der Waals surface area (Å²) in [6.45, 7) is 10.5. The van der Waals surface area contributed by atoms with Gasteiger partial charge in [0.25, 0.3) is 0 Å². The lowest BCUT2D eigenvalue weighted by Gasteiger charge is -2.28. The lowest BCUT2D eigenvalue weighted by molar-refractivity contribution is 0.313. The average molecular weight is 205 g/mol. The van der Waals surface area contributed by atoms with E-state index in [0.717, 1.165) is 24.6 Å². The minimum absolute atomic E-state index is 0.134. The molecule has 0 saturated heterocycles. The average Bonchev–Trinajstić information content (AvgIpc) is 2.15. The van der Waals surface area contributed by atoms with E-state index >= 15 is 0 Å². The van der Waals surface area contributed by atoms with E-state index in [4.69, 9.17) is 4.74 Å². The molecule has 1 aliphatic heterocycles. The number of nitrogens with one attached hydrogen (secondary N) is 1. The maximum Gasteiger partial charge on any atom is 0.146 e. The van der Waals surface area contributed by atoms with Crippen molar-refractivity contribution in [2.24, 2.45) is 0 Å². The molecular weight excluding hydrogens is 186 g/mol. The molecule has 0 radical (unpaired) electrons. The van der Waals surface area contributed by atoms with Crippen LogP contribution in [-0.2, 0) is 5.41 Å². The highest BCUT2D eigenvalue weighted by molar-refractivity contribution is 5.64. The van der Waals surface area contributed by atoms with Gasteiger partial charge in [-0.1, -0.05) is 26.8 Å². The zero-order valence-corrected chi connectivity index (χ0v) is 9.98. The summed E-state index contributed by atoms with van der Waals surface area (Å²) < 4.78 is 5.77. The predicted molar refractivity (Wildman–Crippen MR) is 63.9 cm³/mol. The van der Waals surface area contributed by atoms with Crippen molar-refractivity contribution in [3.63, 3.8) is 0 Å². The molecule has 0 aliphatic carbocycles. The smallest absolute Gasteiger partial charge is 0.146 e. The molecule has 1 aliphatic rings. The molecule has 15 heavy (non-hydrogen) atoms. The first-order valence-electron chi connectivity index (χ1n) is 5.50. The van der Waals surface area contributed by atoms with Crippen molar-refractivity contribution < 1.29 is 4.74 Å². The van der Waals surface area contributed by atoms with Gasteiger partial charge in [-0.3, -0.25) is 0 Å². The minimum atomic E-state index is 0.134. The SMILES string of the molecule is Cc1cc2c(c(C(C)(C)C)c1)OCCN2. The Hall–Kier alpha value is -1.18. The van der Waals surface area contributed by atoms with Gasteiger partial charge in [0.1, 0.15) is 12.4 Å². The van der Waals surface area contributed by atoms with Crippen molar-refractivity contribution in [1.29, 1.82) is 0 Å². The first kappa shape index (κ1) is 10.3. The fourth-order valence-electron chi connectivity index (χ4n) is 1.96. The van der Waals surface area contributed by atoms with Crippen LogP contribution >= 0.6 is 0 Å². The van der Waals surface area contributed by atoms with Crippen LogP contribution in [-0.4, -0.2) is 13.2 Å². The molecule has 0 amide bonds. The third kappa shape index (κ3) is 1.94. The van der Waals surface area contributed by atoms with Crippen LogP contribution in [0.15, 0.2) is 12.1 Å².